The van der Waals surface area contributed by atoms with Gasteiger partial charge in [-0.15, -0.1) is 0 Å². The topological polar surface area (TPSA) is 362 Å². The predicted octanol–water partition coefficient (Wildman–Crippen LogP) is -1.71. The number of esters is 5. The van der Waals surface area contributed by atoms with Gasteiger partial charge in [-0.3, -0.25) is 37.6 Å². The maximum Gasteiger partial charge on any atom is 0.483 e. The summed E-state index contributed by atoms with van der Waals surface area (Å²) in [5.41, 5.74) is 6.00. The first-order chi connectivity index (χ1) is 25.6. The van der Waals surface area contributed by atoms with Crippen molar-refractivity contribution >= 4 is 62.5 Å². The second-order valence-electron chi connectivity index (χ2n) is 11.7. The Morgan fingerprint density at radius 1 is 0.836 bits per heavy atom. The van der Waals surface area contributed by atoms with Crippen molar-refractivity contribution in [2.75, 3.05) is 18.9 Å². The summed E-state index contributed by atoms with van der Waals surface area (Å²) in [6.45, 7) is 2.71. The summed E-state index contributed by atoms with van der Waals surface area (Å²) in [6, 6.07) is 0. The summed E-state index contributed by atoms with van der Waals surface area (Å²) < 4.78 is 78.4. The van der Waals surface area contributed by atoms with E-state index in [4.69, 9.17) is 47.9 Å². The SMILES string of the molecule is CC(=O)OC[C@@H](OC(C)=O)C1O[C@@H](OP(=O)(O)OP(=O)(O)OC[C@H]2O[C@@H](n3cnc4c(N)ncnc43)[C@@H](O)[C@H]2O)C(OC(C)=O)C(OC(C)=O)[C@@H]1OC(C)=O. The molecule has 2 saturated heterocycles. The number of nitrogens with two attached hydrogens (primary N) is 1. The lowest BCUT2D eigenvalue weighted by molar-refractivity contribution is -0.301. The van der Waals surface area contributed by atoms with E-state index in [1.54, 1.807) is 0 Å². The quantitative estimate of drug-likeness (QED) is 0.0758. The predicted molar refractivity (Wildman–Crippen MR) is 171 cm³/mol. The highest BCUT2D eigenvalue weighted by atomic mass is 31.3. The molecule has 28 heteroatoms. The number of imidazole rings is 1. The summed E-state index contributed by atoms with van der Waals surface area (Å²) in [7, 11) is -11.7. The van der Waals surface area contributed by atoms with Crippen LogP contribution in [0.1, 0.15) is 40.8 Å². The molecule has 2 fully saturated rings. The van der Waals surface area contributed by atoms with Crippen molar-refractivity contribution in [3.05, 3.63) is 12.7 Å². The molecule has 12 atom stereocenters. The molecule has 0 spiro atoms. The van der Waals surface area contributed by atoms with Crippen LogP contribution in [0, 0.1) is 0 Å². The molecule has 0 radical (unpaired) electrons. The van der Waals surface area contributed by atoms with E-state index in [1.165, 1.54) is 10.9 Å². The minimum absolute atomic E-state index is 0.00339. The lowest BCUT2D eigenvalue weighted by atomic mass is 9.94. The van der Waals surface area contributed by atoms with Gasteiger partial charge >= 0.3 is 45.5 Å². The maximum atomic E-state index is 13.2. The van der Waals surface area contributed by atoms with Gasteiger partial charge in [0.1, 0.15) is 42.9 Å². The molecule has 4 heterocycles. The van der Waals surface area contributed by atoms with Crippen LogP contribution in [-0.2, 0) is 79.6 Å². The second kappa shape index (κ2) is 17.7. The van der Waals surface area contributed by atoms with E-state index >= 15 is 0 Å². The second-order valence-corrected chi connectivity index (χ2v) is 14.7. The fraction of sp³-hybridized carbons (Fsp3) is 0.630. The lowest BCUT2D eigenvalue weighted by Gasteiger charge is -2.45. The Balaban J connectivity index is 1.57. The Bertz CT molecular complexity index is 1860. The molecule has 306 valence electrons. The van der Waals surface area contributed by atoms with Crippen molar-refractivity contribution in [3.63, 3.8) is 0 Å². The van der Waals surface area contributed by atoms with Gasteiger partial charge < -0.3 is 58.9 Å². The summed E-state index contributed by atoms with van der Waals surface area (Å²) in [5.74, 6) is -5.18. The molecular weight excluding hydrogens is 792 g/mol. The molecule has 2 aromatic heterocycles. The van der Waals surface area contributed by atoms with Crippen molar-refractivity contribution < 1.29 is 99.6 Å². The van der Waals surface area contributed by atoms with Gasteiger partial charge in [-0.2, -0.15) is 4.31 Å². The van der Waals surface area contributed by atoms with Gasteiger partial charge in [-0.1, -0.05) is 0 Å². The van der Waals surface area contributed by atoms with Crippen LogP contribution in [0.25, 0.3) is 11.2 Å². The Hall–Kier alpha value is -4.20. The van der Waals surface area contributed by atoms with Gasteiger partial charge in [-0.25, -0.2) is 24.1 Å². The Labute approximate surface area is 309 Å². The summed E-state index contributed by atoms with van der Waals surface area (Å²) in [5, 5.41) is 21.2. The molecule has 2 aliphatic heterocycles. The molecule has 0 saturated carbocycles. The van der Waals surface area contributed by atoms with Crippen molar-refractivity contribution in [2.45, 2.75) is 96.0 Å². The van der Waals surface area contributed by atoms with E-state index in [1.807, 2.05) is 0 Å². The van der Waals surface area contributed by atoms with Gasteiger partial charge in [0, 0.05) is 34.6 Å². The molecule has 2 aliphatic rings. The van der Waals surface area contributed by atoms with Crippen molar-refractivity contribution in [1.82, 2.24) is 19.5 Å². The number of aromatic nitrogens is 4. The average molecular weight is 830 g/mol. The third-order valence-electron chi connectivity index (χ3n) is 7.42. The van der Waals surface area contributed by atoms with E-state index in [2.05, 4.69) is 19.3 Å². The molecule has 55 heavy (non-hydrogen) atoms. The molecule has 0 amide bonds. The lowest BCUT2D eigenvalue weighted by Crippen LogP contribution is -2.65. The van der Waals surface area contributed by atoms with Gasteiger partial charge in [0.15, 0.2) is 42.1 Å². The monoisotopic (exact) mass is 829 g/mol. The number of hydrogen-bond donors (Lipinski definition) is 5. The first-order valence-corrected chi connectivity index (χ1v) is 18.7. The number of ether oxygens (including phenoxy) is 7. The first-order valence-electron chi connectivity index (χ1n) is 15.7. The number of anilines is 1. The van der Waals surface area contributed by atoms with Crippen LogP contribution in [0.15, 0.2) is 12.7 Å². The third kappa shape index (κ3) is 11.2. The van der Waals surface area contributed by atoms with E-state index in [0.717, 1.165) is 40.9 Å². The Morgan fingerprint density at radius 2 is 1.45 bits per heavy atom. The number of aliphatic hydroxyl groups is 2. The van der Waals surface area contributed by atoms with E-state index < -0.39 is 120 Å². The van der Waals surface area contributed by atoms with Crippen LogP contribution in [0.2, 0.25) is 0 Å². The number of rotatable bonds is 15. The highest BCUT2D eigenvalue weighted by Gasteiger charge is 2.57. The van der Waals surface area contributed by atoms with Gasteiger partial charge in [-0.05, 0) is 0 Å². The van der Waals surface area contributed by atoms with Crippen LogP contribution in [0.4, 0.5) is 5.82 Å². The summed E-state index contributed by atoms with van der Waals surface area (Å²) in [6.07, 6.45) is -16.2. The van der Waals surface area contributed by atoms with Crippen LogP contribution in [0.5, 0.6) is 0 Å². The van der Waals surface area contributed by atoms with E-state index in [0.29, 0.717) is 0 Å². The minimum Gasteiger partial charge on any atom is -0.462 e. The van der Waals surface area contributed by atoms with Gasteiger partial charge in [0.2, 0.25) is 6.29 Å². The number of carbonyl (C=O) groups is 5. The molecule has 0 aromatic carbocycles. The number of nitrogen functional groups attached to an aromatic ring is 1. The molecule has 0 aliphatic carbocycles. The van der Waals surface area contributed by atoms with Crippen molar-refractivity contribution in [3.8, 4) is 0 Å². The minimum atomic E-state index is -5.95. The van der Waals surface area contributed by atoms with Gasteiger partial charge in [0.05, 0.1) is 12.9 Å². The number of hydrogen-bond acceptors (Lipinski definition) is 23. The molecule has 4 rings (SSSR count). The molecule has 26 nitrogen and oxygen atoms in total. The van der Waals surface area contributed by atoms with Crippen LogP contribution in [-0.4, -0.2) is 138 Å². The van der Waals surface area contributed by atoms with Crippen molar-refractivity contribution in [1.29, 1.82) is 0 Å². The standard InChI is InChI=1S/C27H37N5O21P2/c1-10(33)44-6-16(46-11(2)34)20-21(47-12(3)35)22(48-13(4)36)23(49-14(5)37)27(51-20)52-55(42,43)53-54(40,41)45-7-15-18(38)19(39)26(50-15)32-9-31-17-24(28)29-8-30-25(17)32/h8-9,15-16,18-23,26-27,38-39H,6-7H2,1-5H3,(H,40,41)(H,42,43)(H2,28,29,30)/t15-,16-,18+,19+,20?,21-,22?,23?,26-,27+/m1/s1. The number of aliphatic hydroxyl groups excluding tert-OH is 2. The Kier molecular flexibility index (Phi) is 14.0. The van der Waals surface area contributed by atoms with E-state index in [-0.39, 0.29) is 17.0 Å². The molecule has 0 bridgehead atoms. The maximum absolute atomic E-state index is 13.2. The van der Waals surface area contributed by atoms with Crippen LogP contribution >= 0.6 is 15.6 Å². The normalized spacial score (nSPS) is 29.3. The number of phosphoric ester groups is 2. The highest BCUT2D eigenvalue weighted by molar-refractivity contribution is 7.61. The summed E-state index contributed by atoms with van der Waals surface area (Å²) >= 11 is 0. The fourth-order valence-corrected chi connectivity index (χ4v) is 7.58. The molecule has 5 unspecified atom stereocenters. The smallest absolute Gasteiger partial charge is 0.462 e. The fourth-order valence-electron chi connectivity index (χ4n) is 5.42. The zero-order chi connectivity index (χ0) is 41.0. The van der Waals surface area contributed by atoms with Crippen LogP contribution < -0.4 is 5.73 Å². The number of nitrogens with zero attached hydrogens (tertiary/aromatic N) is 4. The van der Waals surface area contributed by atoms with E-state index in [9.17, 15) is 53.1 Å². The molecule has 2 aromatic rings. The summed E-state index contributed by atoms with van der Waals surface area (Å²) in [4.78, 5) is 92.9. The van der Waals surface area contributed by atoms with Gasteiger partial charge in [0.25, 0.3) is 0 Å². The Morgan fingerprint density at radius 3 is 2.05 bits per heavy atom. The molecule has 6 N–H and O–H groups in total. The molecular formula is C27H37N5O21P2. The average Bonchev–Trinajstić information content (AvgIpc) is 3.60. The van der Waals surface area contributed by atoms with Crippen LogP contribution in [0.3, 0.4) is 0 Å². The third-order valence-corrected chi connectivity index (χ3v) is 10.0. The number of fused-ring (bicyclic) bond motifs is 1. The zero-order valence-electron chi connectivity index (χ0n) is 29.3. The van der Waals surface area contributed by atoms with Crippen molar-refractivity contribution in [2.24, 2.45) is 0 Å². The highest BCUT2D eigenvalue weighted by Crippen LogP contribution is 2.61. The number of carbonyl (C=O) groups excluding carboxylic acids is 5. The zero-order valence-corrected chi connectivity index (χ0v) is 31.1. The number of phosphoric acid groups is 2. The largest absolute Gasteiger partial charge is 0.483 e. The first kappa shape index (κ1) is 43.5.